The Morgan fingerprint density at radius 2 is 2.00 bits per heavy atom. The lowest BCUT2D eigenvalue weighted by molar-refractivity contribution is 0.0826. The highest BCUT2D eigenvalue weighted by Gasteiger charge is 2.13. The third-order valence-corrected chi connectivity index (χ3v) is 2.50. The second-order valence-electron chi connectivity index (χ2n) is 3.13. The molecule has 1 aromatic rings. The first-order chi connectivity index (χ1) is 6.04. The van der Waals surface area contributed by atoms with Crippen LogP contribution in [0.4, 0.5) is 0 Å². The molecule has 70 valence electrons. The molecule has 0 bridgehead atoms. The summed E-state index contributed by atoms with van der Waals surface area (Å²) in [5.41, 5.74) is 1.74. The van der Waals surface area contributed by atoms with Crippen molar-refractivity contribution < 1.29 is 4.79 Å². The fourth-order valence-electron chi connectivity index (χ4n) is 1.13. The van der Waals surface area contributed by atoms with Gasteiger partial charge in [0.25, 0.3) is 5.91 Å². The van der Waals surface area contributed by atoms with Crippen LogP contribution in [0.5, 0.6) is 0 Å². The Morgan fingerprint density at radius 3 is 2.46 bits per heavy atom. The highest BCUT2D eigenvalue weighted by Crippen LogP contribution is 2.20. The molecule has 0 N–H and O–H groups in total. The maximum atomic E-state index is 11.7. The third-order valence-electron chi connectivity index (χ3n) is 1.84. The zero-order chi connectivity index (χ0) is 10.0. The summed E-state index contributed by atoms with van der Waals surface area (Å²) in [6.07, 6.45) is 0. The predicted octanol–water partition coefficient (Wildman–Crippen LogP) is 2.46. The second-order valence-corrected chi connectivity index (χ2v) is 3.99. The monoisotopic (exact) mass is 241 g/mol. The number of halogens is 1. The molecule has 0 aliphatic heterocycles. The molecule has 0 radical (unpaired) electrons. The average Bonchev–Trinajstić information content (AvgIpc) is 2.03. The Bertz CT molecular complexity index is 313. The van der Waals surface area contributed by atoms with E-state index in [1.54, 1.807) is 19.0 Å². The van der Waals surface area contributed by atoms with Crippen molar-refractivity contribution in [1.29, 1.82) is 0 Å². The average molecular weight is 242 g/mol. The molecule has 1 aromatic carbocycles. The van der Waals surface area contributed by atoms with E-state index in [4.69, 9.17) is 0 Å². The maximum absolute atomic E-state index is 11.7. The first kappa shape index (κ1) is 10.3. The number of benzene rings is 1. The van der Waals surface area contributed by atoms with Gasteiger partial charge in [-0.05, 0) is 34.5 Å². The molecule has 0 saturated heterocycles. The molecule has 0 fully saturated rings. The number of carbonyl (C=O) groups is 1. The minimum absolute atomic E-state index is 0.0324. The van der Waals surface area contributed by atoms with Gasteiger partial charge in [-0.1, -0.05) is 12.1 Å². The number of carbonyl (C=O) groups excluding carboxylic acids is 1. The van der Waals surface area contributed by atoms with Gasteiger partial charge < -0.3 is 4.90 Å². The van der Waals surface area contributed by atoms with Gasteiger partial charge >= 0.3 is 0 Å². The minimum atomic E-state index is 0.0324. The quantitative estimate of drug-likeness (QED) is 0.740. The molecular formula is C10H12BrNO. The zero-order valence-corrected chi connectivity index (χ0v) is 9.55. The lowest BCUT2D eigenvalue weighted by atomic mass is 10.1. The number of aryl methyl sites for hydroxylation is 1. The molecular weight excluding hydrogens is 230 g/mol. The lowest BCUT2D eigenvalue weighted by Gasteiger charge is -2.13. The van der Waals surface area contributed by atoms with Crippen LogP contribution in [0.15, 0.2) is 22.7 Å². The molecule has 0 heterocycles. The fraction of sp³-hybridized carbons (Fsp3) is 0.300. The Kier molecular flexibility index (Phi) is 3.09. The van der Waals surface area contributed by atoms with Crippen LogP contribution in [-0.4, -0.2) is 24.9 Å². The van der Waals surface area contributed by atoms with Gasteiger partial charge in [0.05, 0.1) is 5.56 Å². The first-order valence-electron chi connectivity index (χ1n) is 4.01. The predicted molar refractivity (Wildman–Crippen MR) is 56.9 cm³/mol. The smallest absolute Gasteiger partial charge is 0.254 e. The van der Waals surface area contributed by atoms with Gasteiger partial charge in [0.1, 0.15) is 0 Å². The normalized spacial score (nSPS) is 9.85. The first-order valence-corrected chi connectivity index (χ1v) is 4.80. The van der Waals surface area contributed by atoms with Crippen molar-refractivity contribution in [3.8, 4) is 0 Å². The van der Waals surface area contributed by atoms with E-state index in [0.29, 0.717) is 0 Å². The Morgan fingerprint density at radius 1 is 1.38 bits per heavy atom. The number of nitrogens with zero attached hydrogens (tertiary/aromatic N) is 1. The van der Waals surface area contributed by atoms with Gasteiger partial charge in [-0.25, -0.2) is 0 Å². The Hall–Kier alpha value is -0.830. The molecule has 0 aliphatic rings. The number of rotatable bonds is 1. The Balaban J connectivity index is 3.20. The van der Waals surface area contributed by atoms with Crippen molar-refractivity contribution in [3.63, 3.8) is 0 Å². The molecule has 0 saturated carbocycles. The summed E-state index contributed by atoms with van der Waals surface area (Å²) in [7, 11) is 3.50. The fourth-order valence-corrected chi connectivity index (χ4v) is 1.76. The van der Waals surface area contributed by atoms with E-state index in [-0.39, 0.29) is 5.91 Å². The van der Waals surface area contributed by atoms with Gasteiger partial charge in [0, 0.05) is 18.6 Å². The topological polar surface area (TPSA) is 20.3 Å². The van der Waals surface area contributed by atoms with E-state index in [1.807, 2.05) is 25.1 Å². The number of amides is 1. The standard InChI is InChI=1S/C10H12BrNO/c1-7-5-4-6-8(11)9(7)10(13)12(2)3/h4-6H,1-3H3. The maximum Gasteiger partial charge on any atom is 0.254 e. The van der Waals surface area contributed by atoms with Crippen molar-refractivity contribution >= 4 is 21.8 Å². The van der Waals surface area contributed by atoms with Crippen LogP contribution in [0.1, 0.15) is 15.9 Å². The molecule has 0 aliphatic carbocycles. The number of hydrogen-bond acceptors (Lipinski definition) is 1. The molecule has 0 atom stereocenters. The molecule has 0 aromatic heterocycles. The SMILES string of the molecule is Cc1cccc(Br)c1C(=O)N(C)C. The van der Waals surface area contributed by atoms with E-state index in [1.165, 1.54) is 0 Å². The summed E-state index contributed by atoms with van der Waals surface area (Å²) in [6.45, 7) is 1.93. The summed E-state index contributed by atoms with van der Waals surface area (Å²) in [5.74, 6) is 0.0324. The zero-order valence-electron chi connectivity index (χ0n) is 7.97. The van der Waals surface area contributed by atoms with Crippen LogP contribution in [0.3, 0.4) is 0 Å². The molecule has 0 spiro atoms. The summed E-state index contributed by atoms with van der Waals surface area (Å²) in [4.78, 5) is 13.3. The lowest BCUT2D eigenvalue weighted by Crippen LogP contribution is -2.22. The van der Waals surface area contributed by atoms with E-state index >= 15 is 0 Å². The van der Waals surface area contributed by atoms with Crippen LogP contribution in [0, 0.1) is 6.92 Å². The van der Waals surface area contributed by atoms with E-state index in [9.17, 15) is 4.79 Å². The van der Waals surface area contributed by atoms with Crippen molar-refractivity contribution in [2.75, 3.05) is 14.1 Å². The molecule has 2 nitrogen and oxygen atoms in total. The second kappa shape index (κ2) is 3.92. The van der Waals surface area contributed by atoms with Crippen molar-refractivity contribution in [3.05, 3.63) is 33.8 Å². The summed E-state index contributed by atoms with van der Waals surface area (Å²) in [6, 6.07) is 5.73. The molecule has 1 amide bonds. The van der Waals surface area contributed by atoms with Gasteiger partial charge in [-0.15, -0.1) is 0 Å². The van der Waals surface area contributed by atoms with Gasteiger partial charge in [0.15, 0.2) is 0 Å². The summed E-state index contributed by atoms with van der Waals surface area (Å²) < 4.78 is 0.853. The van der Waals surface area contributed by atoms with E-state index < -0.39 is 0 Å². The molecule has 1 rings (SSSR count). The van der Waals surface area contributed by atoms with Crippen LogP contribution in [-0.2, 0) is 0 Å². The molecule has 0 unspecified atom stereocenters. The van der Waals surface area contributed by atoms with Gasteiger partial charge in [0.2, 0.25) is 0 Å². The van der Waals surface area contributed by atoms with Crippen LogP contribution >= 0.6 is 15.9 Å². The molecule has 13 heavy (non-hydrogen) atoms. The Labute approximate surface area is 86.7 Å². The van der Waals surface area contributed by atoms with Crippen molar-refractivity contribution in [1.82, 2.24) is 4.90 Å². The van der Waals surface area contributed by atoms with Crippen molar-refractivity contribution in [2.24, 2.45) is 0 Å². The summed E-state index contributed by atoms with van der Waals surface area (Å²) >= 11 is 3.37. The highest BCUT2D eigenvalue weighted by molar-refractivity contribution is 9.10. The van der Waals surface area contributed by atoms with E-state index in [0.717, 1.165) is 15.6 Å². The van der Waals surface area contributed by atoms with Crippen LogP contribution < -0.4 is 0 Å². The van der Waals surface area contributed by atoms with Crippen LogP contribution in [0.25, 0.3) is 0 Å². The largest absolute Gasteiger partial charge is 0.345 e. The van der Waals surface area contributed by atoms with Gasteiger partial charge in [-0.3, -0.25) is 4.79 Å². The highest BCUT2D eigenvalue weighted by atomic mass is 79.9. The number of hydrogen-bond donors (Lipinski definition) is 0. The molecule has 3 heteroatoms. The van der Waals surface area contributed by atoms with E-state index in [2.05, 4.69) is 15.9 Å². The van der Waals surface area contributed by atoms with Crippen LogP contribution in [0.2, 0.25) is 0 Å². The third kappa shape index (κ3) is 2.10. The van der Waals surface area contributed by atoms with Crippen molar-refractivity contribution in [2.45, 2.75) is 6.92 Å². The van der Waals surface area contributed by atoms with Gasteiger partial charge in [-0.2, -0.15) is 0 Å². The minimum Gasteiger partial charge on any atom is -0.345 e. The summed E-state index contributed by atoms with van der Waals surface area (Å²) in [5, 5.41) is 0.